The Bertz CT molecular complexity index is 366. The number of hydrogen-bond donors (Lipinski definition) is 0. The Morgan fingerprint density at radius 2 is 1.62 bits per heavy atom. The molecule has 1 aromatic carbocycles. The van der Waals surface area contributed by atoms with Crippen molar-refractivity contribution in [2.24, 2.45) is 0 Å². The number of halogens is 5. The fourth-order valence-corrected chi connectivity index (χ4v) is 1.13. The first-order chi connectivity index (χ1) is 7.30. The van der Waals surface area contributed by atoms with Crippen LogP contribution in [0.1, 0.15) is 15.9 Å². The molecule has 1 rings (SSSR count). The summed E-state index contributed by atoms with van der Waals surface area (Å²) >= 11 is 0. The number of hydrogen-bond acceptors (Lipinski definition) is 1. The van der Waals surface area contributed by atoms with Gasteiger partial charge in [-0.2, -0.15) is 13.2 Å². The van der Waals surface area contributed by atoms with Gasteiger partial charge in [0, 0.05) is 12.0 Å². The summed E-state index contributed by atoms with van der Waals surface area (Å²) in [6.45, 7) is 0. The lowest BCUT2D eigenvalue weighted by Crippen LogP contribution is -2.22. The molecule has 0 N–H and O–H groups in total. The molecule has 0 aliphatic rings. The van der Waals surface area contributed by atoms with Crippen LogP contribution in [0.4, 0.5) is 22.0 Å². The molecule has 0 atom stereocenters. The van der Waals surface area contributed by atoms with Gasteiger partial charge in [-0.15, -0.1) is 0 Å². The van der Waals surface area contributed by atoms with Gasteiger partial charge in [0.15, 0.2) is 0 Å². The Kier molecular flexibility index (Phi) is 3.62. The molecular weight excluding hydrogens is 231 g/mol. The summed E-state index contributed by atoms with van der Waals surface area (Å²) in [6.07, 6.45) is -8.05. The Labute approximate surface area is 87.9 Å². The van der Waals surface area contributed by atoms with Gasteiger partial charge in [0.1, 0.15) is 0 Å². The van der Waals surface area contributed by atoms with Crippen molar-refractivity contribution in [1.29, 1.82) is 0 Å². The minimum absolute atomic E-state index is 0.189. The van der Waals surface area contributed by atoms with E-state index in [1.54, 1.807) is 0 Å². The van der Waals surface area contributed by atoms with Gasteiger partial charge in [-0.05, 0) is 5.56 Å². The summed E-state index contributed by atoms with van der Waals surface area (Å²) in [5, 5.41) is 0. The summed E-state index contributed by atoms with van der Waals surface area (Å²) in [5.74, 6) is -1.98. The zero-order chi connectivity index (χ0) is 12.3. The predicted octanol–water partition coefficient (Wildman–Crippen LogP) is 3.24. The molecule has 0 unspecified atom stereocenters. The second kappa shape index (κ2) is 4.59. The van der Waals surface area contributed by atoms with Crippen LogP contribution in [0.25, 0.3) is 0 Å². The van der Waals surface area contributed by atoms with E-state index in [4.69, 9.17) is 0 Å². The number of Topliss-reactive ketones (excluding diaryl/α,β-unsaturated/α-hetero) is 1. The minimum Gasteiger partial charge on any atom is -0.284 e. The second-order valence-electron chi connectivity index (χ2n) is 3.12. The van der Waals surface area contributed by atoms with E-state index in [2.05, 4.69) is 0 Å². The molecule has 0 fully saturated rings. The van der Waals surface area contributed by atoms with Crippen LogP contribution < -0.4 is 0 Å². The smallest absolute Gasteiger partial charge is 0.284 e. The van der Waals surface area contributed by atoms with Crippen LogP contribution in [0, 0.1) is 0 Å². The second-order valence-corrected chi connectivity index (χ2v) is 3.12. The molecule has 16 heavy (non-hydrogen) atoms. The molecule has 0 aliphatic carbocycles. The van der Waals surface area contributed by atoms with Crippen LogP contribution in [0.15, 0.2) is 24.3 Å². The molecule has 0 heterocycles. The molecule has 0 amide bonds. The molecule has 0 aromatic heterocycles. The van der Waals surface area contributed by atoms with Crippen molar-refractivity contribution < 1.29 is 26.7 Å². The normalized spacial score (nSPS) is 11.9. The fraction of sp³-hybridized carbons (Fsp3) is 0.300. The Hall–Kier alpha value is -1.46. The maximum atomic E-state index is 12.0. The maximum absolute atomic E-state index is 12.0. The molecule has 1 nitrogen and oxygen atoms in total. The molecule has 6 heteroatoms. The quantitative estimate of drug-likeness (QED) is 0.583. The zero-order valence-electron chi connectivity index (χ0n) is 7.89. The lowest BCUT2D eigenvalue weighted by molar-refractivity contribution is -0.0885. The van der Waals surface area contributed by atoms with Crippen LogP contribution in [0.5, 0.6) is 0 Å². The number of alkyl halides is 5. The molecule has 0 aliphatic heterocycles. The molecule has 0 saturated heterocycles. The van der Waals surface area contributed by atoms with Gasteiger partial charge in [0.2, 0.25) is 6.43 Å². The van der Waals surface area contributed by atoms with E-state index in [0.717, 1.165) is 24.3 Å². The van der Waals surface area contributed by atoms with Crippen molar-refractivity contribution >= 4 is 5.78 Å². The minimum atomic E-state index is -4.94. The zero-order valence-corrected chi connectivity index (χ0v) is 7.89. The van der Waals surface area contributed by atoms with E-state index in [1.807, 2.05) is 0 Å². The van der Waals surface area contributed by atoms with Gasteiger partial charge in [0.05, 0.1) is 0 Å². The average Bonchev–Trinajstić information content (AvgIpc) is 2.15. The lowest BCUT2D eigenvalue weighted by Gasteiger charge is -2.06. The summed E-state index contributed by atoms with van der Waals surface area (Å²) in [6, 6.07) is 3.97. The third-order valence-electron chi connectivity index (χ3n) is 1.86. The third kappa shape index (κ3) is 3.29. The summed E-state index contributed by atoms with van der Waals surface area (Å²) < 4.78 is 59.8. The van der Waals surface area contributed by atoms with E-state index in [1.165, 1.54) is 0 Å². The topological polar surface area (TPSA) is 17.1 Å². The molecule has 88 valence electrons. The van der Waals surface area contributed by atoms with Crippen LogP contribution in [0.3, 0.4) is 0 Å². The highest BCUT2D eigenvalue weighted by molar-refractivity contribution is 6.00. The largest absolute Gasteiger partial charge is 0.454 e. The van der Waals surface area contributed by atoms with Crippen molar-refractivity contribution in [1.82, 2.24) is 0 Å². The van der Waals surface area contributed by atoms with Gasteiger partial charge in [0.25, 0.3) is 5.78 Å². The SMILES string of the molecule is O=C(c1ccc(CC(F)F)cc1)C(F)(F)F. The highest BCUT2D eigenvalue weighted by Crippen LogP contribution is 2.21. The van der Waals surface area contributed by atoms with Crippen molar-refractivity contribution in [2.45, 2.75) is 19.0 Å². The molecule has 0 radical (unpaired) electrons. The summed E-state index contributed by atoms with van der Waals surface area (Å²) in [4.78, 5) is 10.7. The summed E-state index contributed by atoms with van der Waals surface area (Å²) in [5.41, 5.74) is -0.362. The molecular formula is C10H7F5O. The average molecular weight is 238 g/mol. The molecule has 0 saturated carbocycles. The van der Waals surface area contributed by atoms with Crippen LogP contribution in [-0.2, 0) is 6.42 Å². The predicted molar refractivity (Wildman–Crippen MR) is 46.5 cm³/mol. The monoisotopic (exact) mass is 238 g/mol. The summed E-state index contributed by atoms with van der Waals surface area (Å²) in [7, 11) is 0. The first-order valence-corrected chi connectivity index (χ1v) is 4.29. The number of rotatable bonds is 3. The van der Waals surface area contributed by atoms with Gasteiger partial charge in [-0.25, -0.2) is 8.78 Å². The first-order valence-electron chi connectivity index (χ1n) is 4.29. The number of ketones is 1. The van der Waals surface area contributed by atoms with E-state index >= 15 is 0 Å². The van der Waals surface area contributed by atoms with Gasteiger partial charge >= 0.3 is 6.18 Å². The van der Waals surface area contributed by atoms with Crippen molar-refractivity contribution in [3.8, 4) is 0 Å². The van der Waals surface area contributed by atoms with Crippen molar-refractivity contribution in [3.05, 3.63) is 35.4 Å². The Morgan fingerprint density at radius 3 is 2.00 bits per heavy atom. The van der Waals surface area contributed by atoms with Gasteiger partial charge < -0.3 is 0 Å². The van der Waals surface area contributed by atoms with E-state index < -0.39 is 30.4 Å². The van der Waals surface area contributed by atoms with Crippen LogP contribution in [-0.4, -0.2) is 18.4 Å². The number of carbonyl (C=O) groups is 1. The van der Waals surface area contributed by atoms with E-state index in [9.17, 15) is 26.7 Å². The highest BCUT2D eigenvalue weighted by atomic mass is 19.4. The Morgan fingerprint density at radius 1 is 1.12 bits per heavy atom. The van der Waals surface area contributed by atoms with Gasteiger partial charge in [-0.3, -0.25) is 4.79 Å². The third-order valence-corrected chi connectivity index (χ3v) is 1.86. The van der Waals surface area contributed by atoms with Crippen LogP contribution in [0.2, 0.25) is 0 Å². The lowest BCUT2D eigenvalue weighted by atomic mass is 10.1. The fourth-order valence-electron chi connectivity index (χ4n) is 1.13. The maximum Gasteiger partial charge on any atom is 0.454 e. The standard InChI is InChI=1S/C10H7F5O/c11-8(12)5-6-1-3-7(4-2-6)9(16)10(13,14)15/h1-4,8H,5H2. The first kappa shape index (κ1) is 12.6. The molecule has 1 aromatic rings. The molecule has 0 bridgehead atoms. The van der Waals surface area contributed by atoms with E-state index in [-0.39, 0.29) is 5.56 Å². The number of benzene rings is 1. The Balaban J connectivity index is 2.83. The number of carbonyl (C=O) groups excluding carboxylic acids is 1. The van der Waals surface area contributed by atoms with Crippen molar-refractivity contribution in [3.63, 3.8) is 0 Å². The van der Waals surface area contributed by atoms with Gasteiger partial charge in [-0.1, -0.05) is 24.3 Å². The highest BCUT2D eigenvalue weighted by Gasteiger charge is 2.39. The van der Waals surface area contributed by atoms with Crippen LogP contribution >= 0.6 is 0 Å². The molecule has 0 spiro atoms. The van der Waals surface area contributed by atoms with E-state index in [0.29, 0.717) is 0 Å². The van der Waals surface area contributed by atoms with Crippen molar-refractivity contribution in [2.75, 3.05) is 0 Å².